The number of anilines is 1. The number of nitrogen functional groups attached to an aromatic ring is 1. The van der Waals surface area contributed by atoms with Crippen LogP contribution in [0.2, 0.25) is 0 Å². The van der Waals surface area contributed by atoms with Gasteiger partial charge in [-0.1, -0.05) is 18.2 Å². The average Bonchev–Trinajstić information content (AvgIpc) is 2.59. The minimum Gasteiger partial charge on any atom is -0.398 e. The summed E-state index contributed by atoms with van der Waals surface area (Å²) in [7, 11) is 0. The quantitative estimate of drug-likeness (QED) is 0.583. The molecule has 2 N–H and O–H groups in total. The monoisotopic (exact) mass is 303 g/mol. The second-order valence-corrected chi connectivity index (χ2v) is 5.45. The highest BCUT2D eigenvalue weighted by molar-refractivity contribution is 6.26. The van der Waals surface area contributed by atoms with Crippen molar-refractivity contribution in [2.75, 3.05) is 5.73 Å². The molecule has 0 unspecified atom stereocenters. The predicted octanol–water partition coefficient (Wildman–Crippen LogP) is 2.61. The second kappa shape index (κ2) is 4.91. The molecule has 1 aliphatic heterocycles. The lowest BCUT2D eigenvalue weighted by molar-refractivity contribution is 0.0596. The molecule has 5 heteroatoms. The molecule has 112 valence electrons. The summed E-state index contributed by atoms with van der Waals surface area (Å²) in [6, 6.07) is 14.1. The zero-order valence-corrected chi connectivity index (χ0v) is 12.2. The number of carbonyl (C=O) groups is 2. The van der Waals surface area contributed by atoms with Crippen LogP contribution in [0.15, 0.2) is 54.7 Å². The van der Waals surface area contributed by atoms with Crippen molar-refractivity contribution in [1.29, 1.82) is 0 Å². The van der Waals surface area contributed by atoms with Crippen molar-refractivity contribution >= 4 is 28.3 Å². The van der Waals surface area contributed by atoms with Gasteiger partial charge in [-0.3, -0.25) is 19.5 Å². The van der Waals surface area contributed by atoms with Gasteiger partial charge in [-0.2, -0.15) is 0 Å². The fourth-order valence-electron chi connectivity index (χ4n) is 2.97. The van der Waals surface area contributed by atoms with E-state index < -0.39 is 0 Å². The van der Waals surface area contributed by atoms with Crippen LogP contribution in [0.5, 0.6) is 0 Å². The van der Waals surface area contributed by atoms with Crippen LogP contribution in [0.25, 0.3) is 10.8 Å². The molecule has 0 fully saturated rings. The van der Waals surface area contributed by atoms with E-state index in [9.17, 15) is 9.59 Å². The Kier molecular flexibility index (Phi) is 2.87. The highest BCUT2D eigenvalue weighted by Crippen LogP contribution is 2.33. The summed E-state index contributed by atoms with van der Waals surface area (Å²) in [5.41, 5.74) is 8.20. The molecule has 0 spiro atoms. The van der Waals surface area contributed by atoms with Gasteiger partial charge in [0.2, 0.25) is 0 Å². The van der Waals surface area contributed by atoms with E-state index in [0.717, 1.165) is 5.39 Å². The summed E-state index contributed by atoms with van der Waals surface area (Å²) in [5.74, 6) is -0.631. The van der Waals surface area contributed by atoms with Gasteiger partial charge in [0.1, 0.15) is 0 Å². The highest BCUT2D eigenvalue weighted by atomic mass is 16.2. The number of nitrogens with zero attached hydrogens (tertiary/aromatic N) is 2. The van der Waals surface area contributed by atoms with Crippen molar-refractivity contribution in [3.8, 4) is 0 Å². The average molecular weight is 303 g/mol. The van der Waals surface area contributed by atoms with Crippen LogP contribution in [0.4, 0.5) is 5.69 Å². The third-order valence-corrected chi connectivity index (χ3v) is 4.07. The molecule has 0 radical (unpaired) electrons. The highest BCUT2D eigenvalue weighted by Gasteiger charge is 2.33. The molecule has 2 aromatic carbocycles. The van der Waals surface area contributed by atoms with Crippen LogP contribution in [0.1, 0.15) is 26.4 Å². The van der Waals surface area contributed by atoms with E-state index in [0.29, 0.717) is 27.9 Å². The molecule has 5 nitrogen and oxygen atoms in total. The van der Waals surface area contributed by atoms with Gasteiger partial charge in [-0.05, 0) is 30.3 Å². The molecular formula is C18H13N3O2. The number of amides is 2. The summed E-state index contributed by atoms with van der Waals surface area (Å²) >= 11 is 0. The standard InChI is InChI=1S/C18H13N3O2/c19-15-8-7-14-16-12(15)5-3-6-13(16)17(22)21(18(14)23)10-11-4-1-2-9-20-11/h1-9H,10,19H2. The third-order valence-electron chi connectivity index (χ3n) is 4.07. The van der Waals surface area contributed by atoms with Gasteiger partial charge in [-0.15, -0.1) is 0 Å². The van der Waals surface area contributed by atoms with E-state index in [-0.39, 0.29) is 18.4 Å². The van der Waals surface area contributed by atoms with Gasteiger partial charge in [0.05, 0.1) is 12.2 Å². The lowest BCUT2D eigenvalue weighted by atomic mass is 9.93. The van der Waals surface area contributed by atoms with Crippen molar-refractivity contribution in [2.45, 2.75) is 6.54 Å². The van der Waals surface area contributed by atoms with Crippen LogP contribution in [-0.2, 0) is 6.54 Å². The number of rotatable bonds is 2. The van der Waals surface area contributed by atoms with Crippen LogP contribution in [-0.4, -0.2) is 21.7 Å². The topological polar surface area (TPSA) is 76.3 Å². The van der Waals surface area contributed by atoms with E-state index in [1.807, 2.05) is 12.1 Å². The predicted molar refractivity (Wildman–Crippen MR) is 86.8 cm³/mol. The number of carbonyl (C=O) groups excluding carboxylic acids is 2. The first-order chi connectivity index (χ1) is 11.2. The first-order valence-corrected chi connectivity index (χ1v) is 7.24. The zero-order chi connectivity index (χ0) is 16.0. The fourth-order valence-corrected chi connectivity index (χ4v) is 2.97. The van der Waals surface area contributed by atoms with Crippen molar-refractivity contribution in [1.82, 2.24) is 9.88 Å². The van der Waals surface area contributed by atoms with Crippen LogP contribution in [0, 0.1) is 0 Å². The molecule has 0 atom stereocenters. The molecule has 1 aliphatic rings. The van der Waals surface area contributed by atoms with Gasteiger partial charge in [0.15, 0.2) is 0 Å². The number of pyridine rings is 1. The normalized spacial score (nSPS) is 13.7. The Hall–Kier alpha value is -3.21. The molecule has 0 aliphatic carbocycles. The Morgan fingerprint density at radius 3 is 2.43 bits per heavy atom. The lowest BCUT2D eigenvalue weighted by Gasteiger charge is -2.27. The van der Waals surface area contributed by atoms with Crippen LogP contribution < -0.4 is 5.73 Å². The summed E-state index contributed by atoms with van der Waals surface area (Å²) in [6.07, 6.45) is 1.64. The summed E-state index contributed by atoms with van der Waals surface area (Å²) in [5, 5.41) is 1.37. The van der Waals surface area contributed by atoms with E-state index in [1.165, 1.54) is 4.90 Å². The number of nitrogens with two attached hydrogens (primary N) is 1. The van der Waals surface area contributed by atoms with Crippen LogP contribution >= 0.6 is 0 Å². The van der Waals surface area contributed by atoms with Gasteiger partial charge < -0.3 is 5.73 Å². The Labute approximate surface area is 132 Å². The van der Waals surface area contributed by atoms with Gasteiger partial charge in [0, 0.05) is 33.8 Å². The fraction of sp³-hybridized carbons (Fsp3) is 0.0556. The number of hydrogen-bond donors (Lipinski definition) is 1. The van der Waals surface area contributed by atoms with Gasteiger partial charge >= 0.3 is 0 Å². The van der Waals surface area contributed by atoms with E-state index in [4.69, 9.17) is 5.73 Å². The zero-order valence-electron chi connectivity index (χ0n) is 12.2. The van der Waals surface area contributed by atoms with Gasteiger partial charge in [0.25, 0.3) is 11.8 Å². The van der Waals surface area contributed by atoms with E-state index in [2.05, 4.69) is 4.98 Å². The maximum atomic E-state index is 12.8. The largest absolute Gasteiger partial charge is 0.398 e. The van der Waals surface area contributed by atoms with Gasteiger partial charge in [-0.25, -0.2) is 0 Å². The molecule has 3 aromatic rings. The summed E-state index contributed by atoms with van der Waals surface area (Å²) < 4.78 is 0. The Morgan fingerprint density at radius 2 is 1.70 bits per heavy atom. The Bertz CT molecular complexity index is 929. The molecule has 0 saturated heterocycles. The number of aromatic nitrogens is 1. The molecule has 2 heterocycles. The first kappa shape index (κ1) is 13.5. The number of benzene rings is 2. The van der Waals surface area contributed by atoms with Crippen molar-refractivity contribution < 1.29 is 9.59 Å². The molecule has 0 saturated carbocycles. The Morgan fingerprint density at radius 1 is 0.913 bits per heavy atom. The van der Waals surface area contributed by atoms with Crippen molar-refractivity contribution in [2.24, 2.45) is 0 Å². The second-order valence-electron chi connectivity index (χ2n) is 5.45. The number of imide groups is 1. The van der Waals surface area contributed by atoms with E-state index >= 15 is 0 Å². The van der Waals surface area contributed by atoms with Crippen molar-refractivity contribution in [3.63, 3.8) is 0 Å². The molecule has 2 amide bonds. The SMILES string of the molecule is Nc1ccc2c3c(cccc13)C(=O)N(Cc1ccccn1)C2=O. The summed E-state index contributed by atoms with van der Waals surface area (Å²) in [4.78, 5) is 31.0. The third kappa shape index (κ3) is 1.97. The smallest absolute Gasteiger partial charge is 0.261 e. The molecule has 1 aromatic heterocycles. The van der Waals surface area contributed by atoms with E-state index in [1.54, 1.807) is 42.6 Å². The maximum absolute atomic E-state index is 12.8. The Balaban J connectivity index is 1.87. The molecule has 0 bridgehead atoms. The molecule has 23 heavy (non-hydrogen) atoms. The van der Waals surface area contributed by atoms with Crippen molar-refractivity contribution in [3.05, 3.63) is 71.5 Å². The van der Waals surface area contributed by atoms with Crippen LogP contribution in [0.3, 0.4) is 0 Å². The number of hydrogen-bond acceptors (Lipinski definition) is 4. The maximum Gasteiger partial charge on any atom is 0.261 e. The minimum atomic E-state index is -0.315. The minimum absolute atomic E-state index is 0.151. The summed E-state index contributed by atoms with van der Waals surface area (Å²) in [6.45, 7) is 0.151. The lowest BCUT2D eigenvalue weighted by Crippen LogP contribution is -2.39. The molecule has 4 rings (SSSR count). The first-order valence-electron chi connectivity index (χ1n) is 7.24. The molecular weight excluding hydrogens is 290 g/mol.